The molecule has 1 aromatic rings. The monoisotopic (exact) mass is 317 g/mol. The van der Waals surface area contributed by atoms with Crippen LogP contribution in [0.3, 0.4) is 0 Å². The number of likely N-dealkylation sites (N-methyl/N-ethyl adjacent to an activating group) is 1. The molecular weight excluding hydrogens is 297 g/mol. The van der Waals surface area contributed by atoms with Gasteiger partial charge in [0.25, 0.3) is 0 Å². The summed E-state index contributed by atoms with van der Waals surface area (Å²) in [5.74, 6) is 1.30. The first-order valence-electron chi connectivity index (χ1n) is 7.05. The van der Waals surface area contributed by atoms with Gasteiger partial charge in [-0.25, -0.2) is 4.98 Å². The molecule has 1 aromatic heterocycles. The zero-order valence-corrected chi connectivity index (χ0v) is 13.4. The van der Waals surface area contributed by atoms with E-state index in [1.54, 1.807) is 6.07 Å². The number of anilines is 2. The van der Waals surface area contributed by atoms with Gasteiger partial charge in [-0.2, -0.15) is 0 Å². The predicted octanol–water partition coefficient (Wildman–Crippen LogP) is 3.56. The maximum absolute atomic E-state index is 10.2. The van der Waals surface area contributed by atoms with Crippen LogP contribution in [-0.4, -0.2) is 35.8 Å². The summed E-state index contributed by atoms with van der Waals surface area (Å²) in [5.41, 5.74) is 0. The van der Waals surface area contributed by atoms with E-state index in [2.05, 4.69) is 10.3 Å². The third-order valence-corrected chi connectivity index (χ3v) is 4.35. The molecule has 2 atom stereocenters. The molecule has 1 aliphatic rings. The second-order valence-electron chi connectivity index (χ2n) is 5.18. The Kier molecular flexibility index (Phi) is 5.35. The quantitative estimate of drug-likeness (QED) is 0.891. The predicted molar refractivity (Wildman–Crippen MR) is 85.1 cm³/mol. The maximum Gasteiger partial charge on any atom is 0.150 e. The van der Waals surface area contributed by atoms with Gasteiger partial charge < -0.3 is 15.3 Å². The molecule has 0 saturated heterocycles. The number of nitrogens with zero attached hydrogens (tertiary/aromatic N) is 2. The summed E-state index contributed by atoms with van der Waals surface area (Å²) in [6.07, 6.45) is 3.66. The van der Waals surface area contributed by atoms with Crippen LogP contribution in [0.15, 0.2) is 6.07 Å². The summed E-state index contributed by atoms with van der Waals surface area (Å²) in [6.45, 7) is 2.73. The molecule has 0 bridgehead atoms. The molecule has 1 saturated carbocycles. The average molecular weight is 318 g/mol. The van der Waals surface area contributed by atoms with Crippen LogP contribution in [0.1, 0.15) is 32.6 Å². The topological polar surface area (TPSA) is 48.4 Å². The maximum atomic E-state index is 10.2. The van der Waals surface area contributed by atoms with Gasteiger partial charge in [0.2, 0.25) is 0 Å². The van der Waals surface area contributed by atoms with Crippen LogP contribution in [-0.2, 0) is 0 Å². The molecule has 6 heteroatoms. The number of aliphatic hydroxyl groups is 1. The Morgan fingerprint density at radius 1 is 1.35 bits per heavy atom. The third-order valence-electron chi connectivity index (χ3n) is 3.78. The summed E-state index contributed by atoms with van der Waals surface area (Å²) < 4.78 is 0. The van der Waals surface area contributed by atoms with Crippen molar-refractivity contribution in [2.45, 2.75) is 44.8 Å². The number of aromatic nitrogens is 1. The Morgan fingerprint density at radius 3 is 2.70 bits per heavy atom. The first kappa shape index (κ1) is 15.7. The van der Waals surface area contributed by atoms with E-state index in [0.717, 1.165) is 32.2 Å². The van der Waals surface area contributed by atoms with E-state index < -0.39 is 0 Å². The van der Waals surface area contributed by atoms with Crippen molar-refractivity contribution in [1.82, 2.24) is 4.98 Å². The van der Waals surface area contributed by atoms with Crippen molar-refractivity contribution in [3.05, 3.63) is 16.1 Å². The largest absolute Gasteiger partial charge is 0.391 e. The standard InChI is InChI=1S/C14H21Cl2N3O/c1-3-17-13-9(15)8-10(16)14(18-13)19(2)11-6-4-5-7-12(11)20/h8,11-12,20H,3-7H2,1-2H3,(H,17,18). The fourth-order valence-corrected chi connectivity index (χ4v) is 3.25. The van der Waals surface area contributed by atoms with Crippen LogP contribution in [0.4, 0.5) is 11.6 Å². The second kappa shape index (κ2) is 6.83. The van der Waals surface area contributed by atoms with E-state index in [4.69, 9.17) is 23.2 Å². The fraction of sp³-hybridized carbons (Fsp3) is 0.643. The molecule has 0 aliphatic heterocycles. The van der Waals surface area contributed by atoms with Crippen molar-refractivity contribution in [3.8, 4) is 0 Å². The number of aliphatic hydroxyl groups excluding tert-OH is 1. The summed E-state index contributed by atoms with van der Waals surface area (Å²) in [5, 5.41) is 14.3. The second-order valence-corrected chi connectivity index (χ2v) is 6.00. The van der Waals surface area contributed by atoms with Gasteiger partial charge in [-0.05, 0) is 25.8 Å². The summed E-state index contributed by atoms with van der Waals surface area (Å²) in [6, 6.07) is 1.76. The molecule has 2 N–H and O–H groups in total. The normalized spacial score (nSPS) is 22.6. The molecule has 0 aromatic carbocycles. The number of pyridine rings is 1. The SMILES string of the molecule is CCNc1nc(N(C)C2CCCCC2O)c(Cl)cc1Cl. The van der Waals surface area contributed by atoms with Gasteiger partial charge in [-0.1, -0.05) is 36.0 Å². The Balaban J connectivity index is 2.28. The molecule has 1 fully saturated rings. The van der Waals surface area contributed by atoms with Crippen molar-refractivity contribution in [2.75, 3.05) is 23.8 Å². The van der Waals surface area contributed by atoms with E-state index in [9.17, 15) is 5.11 Å². The van der Waals surface area contributed by atoms with Crippen molar-refractivity contribution in [3.63, 3.8) is 0 Å². The lowest BCUT2D eigenvalue weighted by atomic mass is 9.91. The highest BCUT2D eigenvalue weighted by molar-refractivity contribution is 6.37. The zero-order chi connectivity index (χ0) is 14.7. The van der Waals surface area contributed by atoms with E-state index in [-0.39, 0.29) is 12.1 Å². The Labute approximate surface area is 130 Å². The van der Waals surface area contributed by atoms with Gasteiger partial charge >= 0.3 is 0 Å². The van der Waals surface area contributed by atoms with Crippen LogP contribution in [0, 0.1) is 0 Å². The lowest BCUT2D eigenvalue weighted by Gasteiger charge is -2.36. The number of nitrogens with one attached hydrogen (secondary N) is 1. The van der Waals surface area contributed by atoms with Crippen molar-refractivity contribution in [2.24, 2.45) is 0 Å². The fourth-order valence-electron chi connectivity index (χ4n) is 2.70. The number of rotatable bonds is 4. The lowest BCUT2D eigenvalue weighted by Crippen LogP contribution is -2.44. The summed E-state index contributed by atoms with van der Waals surface area (Å²) in [7, 11) is 1.93. The molecule has 1 aliphatic carbocycles. The highest BCUT2D eigenvalue weighted by Crippen LogP contribution is 2.34. The highest BCUT2D eigenvalue weighted by atomic mass is 35.5. The van der Waals surface area contributed by atoms with Crippen LogP contribution in [0.2, 0.25) is 10.0 Å². The van der Waals surface area contributed by atoms with Gasteiger partial charge in [0.1, 0.15) is 11.6 Å². The van der Waals surface area contributed by atoms with Crippen LogP contribution in [0.25, 0.3) is 0 Å². The molecule has 0 radical (unpaired) electrons. The summed E-state index contributed by atoms with van der Waals surface area (Å²) >= 11 is 12.4. The van der Waals surface area contributed by atoms with Crippen LogP contribution >= 0.6 is 23.2 Å². The Hall–Kier alpha value is -0.710. The van der Waals surface area contributed by atoms with Crippen LogP contribution < -0.4 is 10.2 Å². The van der Waals surface area contributed by atoms with Gasteiger partial charge in [-0.15, -0.1) is 0 Å². The Bertz CT molecular complexity index is 470. The van der Waals surface area contributed by atoms with Gasteiger partial charge in [0.15, 0.2) is 0 Å². The van der Waals surface area contributed by atoms with Gasteiger partial charge in [-0.3, -0.25) is 0 Å². The smallest absolute Gasteiger partial charge is 0.150 e. The molecule has 20 heavy (non-hydrogen) atoms. The first-order chi connectivity index (χ1) is 9.54. The van der Waals surface area contributed by atoms with E-state index >= 15 is 0 Å². The first-order valence-corrected chi connectivity index (χ1v) is 7.81. The number of hydrogen-bond acceptors (Lipinski definition) is 4. The van der Waals surface area contributed by atoms with E-state index in [1.807, 2.05) is 18.9 Å². The minimum absolute atomic E-state index is 0.0596. The van der Waals surface area contributed by atoms with Crippen LogP contribution in [0.5, 0.6) is 0 Å². The Morgan fingerprint density at radius 2 is 2.05 bits per heavy atom. The molecule has 2 unspecified atom stereocenters. The molecule has 112 valence electrons. The van der Waals surface area contributed by atoms with Crippen molar-refractivity contribution >= 4 is 34.8 Å². The molecule has 0 spiro atoms. The molecular formula is C14H21Cl2N3O. The molecule has 1 heterocycles. The highest BCUT2D eigenvalue weighted by Gasteiger charge is 2.28. The summed E-state index contributed by atoms with van der Waals surface area (Å²) in [4.78, 5) is 6.49. The molecule has 0 amide bonds. The number of halogens is 2. The van der Waals surface area contributed by atoms with Crippen molar-refractivity contribution in [1.29, 1.82) is 0 Å². The number of hydrogen-bond donors (Lipinski definition) is 2. The minimum Gasteiger partial charge on any atom is -0.391 e. The molecule has 2 rings (SSSR count). The average Bonchev–Trinajstić information content (AvgIpc) is 2.42. The van der Waals surface area contributed by atoms with Crippen molar-refractivity contribution < 1.29 is 5.11 Å². The lowest BCUT2D eigenvalue weighted by molar-refractivity contribution is 0.106. The van der Waals surface area contributed by atoms with E-state index in [0.29, 0.717) is 21.7 Å². The minimum atomic E-state index is -0.329. The third kappa shape index (κ3) is 3.30. The molecule has 4 nitrogen and oxygen atoms in total. The zero-order valence-electron chi connectivity index (χ0n) is 11.9. The van der Waals surface area contributed by atoms with E-state index in [1.165, 1.54) is 0 Å². The van der Waals surface area contributed by atoms with Gasteiger partial charge in [0.05, 0.1) is 22.2 Å². The van der Waals surface area contributed by atoms with Gasteiger partial charge in [0, 0.05) is 13.6 Å².